The molecule has 0 fully saturated rings. The van der Waals surface area contributed by atoms with Crippen LogP contribution >= 0.6 is 0 Å². The predicted molar refractivity (Wildman–Crippen MR) is 91.1 cm³/mol. The quantitative estimate of drug-likeness (QED) is 0.653. The molecule has 0 aliphatic heterocycles. The Morgan fingerprint density at radius 1 is 1.04 bits per heavy atom. The monoisotopic (exact) mass is 333 g/mol. The lowest BCUT2D eigenvalue weighted by atomic mass is 10.1. The first-order chi connectivity index (χ1) is 11.5. The van der Waals surface area contributed by atoms with Crippen LogP contribution in [-0.2, 0) is 13.1 Å². The third-order valence-corrected chi connectivity index (χ3v) is 3.57. The maximum atomic E-state index is 13.6. The minimum Gasteiger partial charge on any atom is -0.496 e. The fourth-order valence-corrected chi connectivity index (χ4v) is 2.26. The molecule has 2 N–H and O–H groups in total. The number of hydrogen-bond donors (Lipinski definition) is 2. The summed E-state index contributed by atoms with van der Waals surface area (Å²) in [5.74, 6) is 0.343. The van der Waals surface area contributed by atoms with Gasteiger partial charge in [-0.05, 0) is 36.8 Å². The van der Waals surface area contributed by atoms with Crippen molar-refractivity contribution in [1.29, 1.82) is 0 Å². The summed E-state index contributed by atoms with van der Waals surface area (Å²) in [6.45, 7) is 2.62. The molecule has 0 saturated carbocycles. The Kier molecular flexibility index (Phi) is 6.12. The van der Waals surface area contributed by atoms with Crippen molar-refractivity contribution in [1.82, 2.24) is 10.6 Å². The molecule has 128 valence electrons. The van der Waals surface area contributed by atoms with Gasteiger partial charge in [0.1, 0.15) is 17.4 Å². The molecule has 2 rings (SSSR count). The highest BCUT2D eigenvalue weighted by molar-refractivity contribution is 5.79. The van der Waals surface area contributed by atoms with E-state index in [4.69, 9.17) is 4.74 Å². The zero-order chi connectivity index (χ0) is 17.5. The van der Waals surface area contributed by atoms with Gasteiger partial charge < -0.3 is 15.4 Å². The Bertz CT molecular complexity index is 732. The Labute approximate surface area is 140 Å². The highest BCUT2D eigenvalue weighted by Gasteiger charge is 2.07. The molecule has 0 radical (unpaired) electrons. The molecule has 2 aromatic carbocycles. The van der Waals surface area contributed by atoms with Gasteiger partial charge >= 0.3 is 0 Å². The van der Waals surface area contributed by atoms with Gasteiger partial charge in [-0.3, -0.25) is 4.99 Å². The maximum absolute atomic E-state index is 13.6. The van der Waals surface area contributed by atoms with E-state index in [0.29, 0.717) is 12.5 Å². The van der Waals surface area contributed by atoms with E-state index in [2.05, 4.69) is 15.6 Å². The topological polar surface area (TPSA) is 45.7 Å². The summed E-state index contributed by atoms with van der Waals surface area (Å²) in [4.78, 5) is 4.08. The molecule has 4 nitrogen and oxygen atoms in total. The Morgan fingerprint density at radius 3 is 2.42 bits per heavy atom. The molecule has 0 bridgehead atoms. The third kappa shape index (κ3) is 4.68. The van der Waals surface area contributed by atoms with E-state index in [-0.39, 0.29) is 12.1 Å². The fraction of sp³-hybridized carbons (Fsp3) is 0.278. The number of benzene rings is 2. The van der Waals surface area contributed by atoms with Crippen molar-refractivity contribution in [3.63, 3.8) is 0 Å². The van der Waals surface area contributed by atoms with Gasteiger partial charge in [0.2, 0.25) is 0 Å². The fourth-order valence-electron chi connectivity index (χ4n) is 2.26. The number of nitrogens with one attached hydrogen (secondary N) is 2. The summed E-state index contributed by atoms with van der Waals surface area (Å²) in [7, 11) is 3.24. The standard InChI is InChI=1S/C18H21F2N3O/c1-12-4-5-13(17(8-12)24-3)10-22-18(21-2)23-11-14-9-15(19)6-7-16(14)20/h4-9H,10-11H2,1-3H3,(H2,21,22,23). The summed E-state index contributed by atoms with van der Waals surface area (Å²) in [5, 5.41) is 6.09. The van der Waals surface area contributed by atoms with Crippen molar-refractivity contribution in [2.24, 2.45) is 4.99 Å². The maximum Gasteiger partial charge on any atom is 0.191 e. The van der Waals surface area contributed by atoms with Gasteiger partial charge in [0.05, 0.1) is 7.11 Å². The molecule has 0 saturated heterocycles. The molecule has 0 spiro atoms. The van der Waals surface area contributed by atoms with Gasteiger partial charge in [-0.25, -0.2) is 8.78 Å². The van der Waals surface area contributed by atoms with Crippen molar-refractivity contribution < 1.29 is 13.5 Å². The minimum absolute atomic E-state index is 0.133. The second-order valence-electron chi connectivity index (χ2n) is 5.33. The summed E-state index contributed by atoms with van der Waals surface area (Å²) in [6.07, 6.45) is 0. The number of rotatable bonds is 5. The second kappa shape index (κ2) is 8.29. The van der Waals surface area contributed by atoms with E-state index in [0.717, 1.165) is 29.0 Å². The summed E-state index contributed by atoms with van der Waals surface area (Å²) < 4.78 is 32.2. The smallest absolute Gasteiger partial charge is 0.191 e. The number of methoxy groups -OCH3 is 1. The van der Waals surface area contributed by atoms with E-state index in [1.54, 1.807) is 14.2 Å². The van der Waals surface area contributed by atoms with Crippen LogP contribution in [0.15, 0.2) is 41.4 Å². The number of hydrogen-bond acceptors (Lipinski definition) is 2. The van der Waals surface area contributed by atoms with Gasteiger partial charge in [0, 0.05) is 31.3 Å². The molecule has 0 heterocycles. The van der Waals surface area contributed by atoms with E-state index in [1.165, 1.54) is 6.07 Å². The van der Waals surface area contributed by atoms with Gasteiger partial charge in [0.25, 0.3) is 0 Å². The predicted octanol–water partition coefficient (Wildman–Crippen LogP) is 3.15. The molecular formula is C18H21F2N3O. The number of ether oxygens (including phenoxy) is 1. The Balaban J connectivity index is 1.97. The van der Waals surface area contributed by atoms with Gasteiger partial charge in [-0.1, -0.05) is 12.1 Å². The highest BCUT2D eigenvalue weighted by Crippen LogP contribution is 2.19. The molecule has 0 aromatic heterocycles. The first kappa shape index (κ1) is 17.7. The zero-order valence-electron chi connectivity index (χ0n) is 14.0. The number of aliphatic imine (C=N–C) groups is 1. The molecular weight excluding hydrogens is 312 g/mol. The van der Waals surface area contributed by atoms with Crippen LogP contribution in [0.3, 0.4) is 0 Å². The van der Waals surface area contributed by atoms with Gasteiger partial charge in [-0.2, -0.15) is 0 Å². The highest BCUT2D eigenvalue weighted by atomic mass is 19.1. The van der Waals surface area contributed by atoms with Crippen LogP contribution in [0.25, 0.3) is 0 Å². The van der Waals surface area contributed by atoms with E-state index >= 15 is 0 Å². The molecule has 6 heteroatoms. The summed E-state index contributed by atoms with van der Waals surface area (Å²) >= 11 is 0. The lowest BCUT2D eigenvalue weighted by Gasteiger charge is -2.14. The molecule has 24 heavy (non-hydrogen) atoms. The molecule has 0 aliphatic carbocycles. The Hall–Kier alpha value is -2.63. The molecule has 0 aliphatic rings. The lowest BCUT2D eigenvalue weighted by Crippen LogP contribution is -2.36. The SMILES string of the molecule is CN=C(NCc1cc(F)ccc1F)NCc1ccc(C)cc1OC. The zero-order valence-corrected chi connectivity index (χ0v) is 14.0. The van der Waals surface area contributed by atoms with Crippen LogP contribution in [-0.4, -0.2) is 20.1 Å². The molecule has 0 amide bonds. The van der Waals surface area contributed by atoms with Crippen LogP contribution < -0.4 is 15.4 Å². The normalized spacial score (nSPS) is 11.3. The average molecular weight is 333 g/mol. The first-order valence-corrected chi connectivity index (χ1v) is 7.55. The van der Waals surface area contributed by atoms with Crippen LogP contribution in [0, 0.1) is 18.6 Å². The molecule has 2 aromatic rings. The number of aryl methyl sites for hydroxylation is 1. The summed E-state index contributed by atoms with van der Waals surface area (Å²) in [5.41, 5.74) is 2.33. The minimum atomic E-state index is -0.472. The van der Waals surface area contributed by atoms with Crippen molar-refractivity contribution in [2.45, 2.75) is 20.0 Å². The van der Waals surface area contributed by atoms with Crippen LogP contribution in [0.1, 0.15) is 16.7 Å². The first-order valence-electron chi connectivity index (χ1n) is 7.55. The van der Waals surface area contributed by atoms with Crippen molar-refractivity contribution in [3.8, 4) is 5.75 Å². The number of guanidine groups is 1. The van der Waals surface area contributed by atoms with E-state index in [1.807, 2.05) is 25.1 Å². The van der Waals surface area contributed by atoms with Crippen molar-refractivity contribution in [2.75, 3.05) is 14.2 Å². The van der Waals surface area contributed by atoms with Crippen LogP contribution in [0.2, 0.25) is 0 Å². The van der Waals surface area contributed by atoms with Crippen LogP contribution in [0.4, 0.5) is 8.78 Å². The third-order valence-electron chi connectivity index (χ3n) is 3.57. The van der Waals surface area contributed by atoms with Crippen molar-refractivity contribution in [3.05, 3.63) is 64.7 Å². The molecule has 0 unspecified atom stereocenters. The number of halogens is 2. The lowest BCUT2D eigenvalue weighted by molar-refractivity contribution is 0.408. The Morgan fingerprint density at radius 2 is 1.75 bits per heavy atom. The summed E-state index contributed by atoms with van der Waals surface area (Å²) in [6, 6.07) is 9.29. The van der Waals surface area contributed by atoms with Gasteiger partial charge in [0.15, 0.2) is 5.96 Å². The number of nitrogens with zero attached hydrogens (tertiary/aromatic N) is 1. The van der Waals surface area contributed by atoms with E-state index < -0.39 is 11.6 Å². The average Bonchev–Trinajstić information content (AvgIpc) is 2.58. The molecule has 0 atom stereocenters. The largest absolute Gasteiger partial charge is 0.496 e. The van der Waals surface area contributed by atoms with Crippen LogP contribution in [0.5, 0.6) is 5.75 Å². The van der Waals surface area contributed by atoms with Crippen molar-refractivity contribution >= 4 is 5.96 Å². The van der Waals surface area contributed by atoms with Gasteiger partial charge in [-0.15, -0.1) is 0 Å². The second-order valence-corrected chi connectivity index (χ2v) is 5.33. The van der Waals surface area contributed by atoms with E-state index in [9.17, 15) is 8.78 Å².